The topological polar surface area (TPSA) is 60.0 Å². The van der Waals surface area contributed by atoms with Gasteiger partial charge in [-0.05, 0) is 49.8 Å². The average Bonchev–Trinajstić information content (AvgIpc) is 2.53. The predicted octanol–water partition coefficient (Wildman–Crippen LogP) is 3.07. The molecule has 4 nitrogen and oxygen atoms in total. The van der Waals surface area contributed by atoms with Crippen molar-refractivity contribution in [2.75, 3.05) is 13.2 Å². The number of halogens is 1. The number of hydrogen-bond donors (Lipinski definition) is 1. The van der Waals surface area contributed by atoms with E-state index in [-0.39, 0.29) is 6.10 Å². The number of aryl methyl sites for hydroxylation is 1. The van der Waals surface area contributed by atoms with Gasteiger partial charge in [-0.25, -0.2) is 0 Å². The number of ether oxygens (including phenoxy) is 1. The van der Waals surface area contributed by atoms with Crippen molar-refractivity contribution in [2.45, 2.75) is 38.2 Å². The van der Waals surface area contributed by atoms with Gasteiger partial charge in [-0.3, -0.25) is 4.99 Å². The van der Waals surface area contributed by atoms with Crippen LogP contribution in [0.15, 0.2) is 32.8 Å². The Bertz CT molecular complexity index is 577. The van der Waals surface area contributed by atoms with Crippen molar-refractivity contribution in [1.82, 2.24) is 0 Å². The van der Waals surface area contributed by atoms with Gasteiger partial charge in [0, 0.05) is 16.6 Å². The molecule has 0 radical (unpaired) electrons. The molecule has 1 aromatic rings. The first-order chi connectivity index (χ1) is 10.3. The fourth-order valence-electron chi connectivity index (χ4n) is 2.99. The van der Waals surface area contributed by atoms with Gasteiger partial charge in [-0.15, -0.1) is 0 Å². The van der Waals surface area contributed by atoms with Crippen LogP contribution in [0.3, 0.4) is 0 Å². The second kappa shape index (κ2) is 6.71. The summed E-state index contributed by atoms with van der Waals surface area (Å²) in [7, 11) is 0. The first-order valence-electron chi connectivity index (χ1n) is 7.50. The van der Waals surface area contributed by atoms with Crippen LogP contribution in [0.5, 0.6) is 0 Å². The zero-order valence-electron chi connectivity index (χ0n) is 12.0. The molecule has 1 aliphatic heterocycles. The maximum absolute atomic E-state index is 5.74. The van der Waals surface area contributed by atoms with Gasteiger partial charge in [0.15, 0.2) is 0 Å². The van der Waals surface area contributed by atoms with Crippen molar-refractivity contribution in [3.63, 3.8) is 0 Å². The summed E-state index contributed by atoms with van der Waals surface area (Å²) in [4.78, 5) is 4.75. The van der Waals surface area contributed by atoms with Gasteiger partial charge in [0.25, 0.3) is 0 Å². The minimum Gasteiger partial charge on any atom is -0.376 e. The molecule has 0 amide bonds. The highest BCUT2D eigenvalue weighted by molar-refractivity contribution is 9.10. The number of fused-ring (bicyclic) bond motifs is 1. The fraction of sp³-hybridized carbons (Fsp3) is 0.500. The van der Waals surface area contributed by atoms with Crippen molar-refractivity contribution in [1.29, 1.82) is 0 Å². The van der Waals surface area contributed by atoms with Crippen molar-refractivity contribution in [2.24, 2.45) is 15.9 Å². The Morgan fingerprint density at radius 2 is 2.19 bits per heavy atom. The summed E-state index contributed by atoms with van der Waals surface area (Å²) in [5.74, 6) is 5.62. The first-order valence-corrected chi connectivity index (χ1v) is 8.29. The quantitative estimate of drug-likeness (QED) is 0.658. The van der Waals surface area contributed by atoms with Crippen LogP contribution in [0.4, 0.5) is 0 Å². The Morgan fingerprint density at radius 1 is 1.29 bits per heavy atom. The third-order valence-corrected chi connectivity index (χ3v) is 4.61. The Kier molecular flexibility index (Phi) is 4.70. The smallest absolute Gasteiger partial charge is 0.111 e. The standard InChI is InChI=1S/C16H20BrN3O/c17-12-5-6-14-11(9-12)4-7-15(16(14)20-18)19-10-13-3-1-2-8-21-13/h5-6,9,13H,1-4,7-8,10,18H2/b19-15?,20-16-. The highest BCUT2D eigenvalue weighted by atomic mass is 79.9. The largest absolute Gasteiger partial charge is 0.376 e. The van der Waals surface area contributed by atoms with Crippen LogP contribution < -0.4 is 5.84 Å². The molecule has 0 spiro atoms. The minimum absolute atomic E-state index is 0.261. The molecule has 1 unspecified atom stereocenters. The second-order valence-corrected chi connectivity index (χ2v) is 6.47. The highest BCUT2D eigenvalue weighted by Crippen LogP contribution is 2.24. The maximum atomic E-state index is 5.74. The van der Waals surface area contributed by atoms with E-state index < -0.39 is 0 Å². The number of aliphatic imine (C=N–C) groups is 1. The number of nitrogens with two attached hydrogens (primary N) is 1. The van der Waals surface area contributed by atoms with Crippen molar-refractivity contribution in [3.8, 4) is 0 Å². The average molecular weight is 350 g/mol. The zero-order valence-corrected chi connectivity index (χ0v) is 13.6. The van der Waals surface area contributed by atoms with E-state index >= 15 is 0 Å². The summed E-state index contributed by atoms with van der Waals surface area (Å²) in [6.45, 7) is 1.59. The van der Waals surface area contributed by atoms with E-state index in [0.29, 0.717) is 0 Å². The summed E-state index contributed by atoms with van der Waals surface area (Å²) in [6.07, 6.45) is 5.66. The minimum atomic E-state index is 0.261. The van der Waals surface area contributed by atoms with Crippen LogP contribution in [0.25, 0.3) is 0 Å². The first kappa shape index (κ1) is 14.7. The van der Waals surface area contributed by atoms with Crippen LogP contribution >= 0.6 is 15.9 Å². The molecule has 1 saturated heterocycles. The number of rotatable bonds is 2. The van der Waals surface area contributed by atoms with E-state index in [1.165, 1.54) is 18.4 Å². The molecular weight excluding hydrogens is 330 g/mol. The molecule has 1 aliphatic carbocycles. The van der Waals surface area contributed by atoms with Gasteiger partial charge < -0.3 is 10.6 Å². The molecule has 1 fully saturated rings. The summed E-state index contributed by atoms with van der Waals surface area (Å²) < 4.78 is 6.83. The number of benzene rings is 1. The predicted molar refractivity (Wildman–Crippen MR) is 89.1 cm³/mol. The fourth-order valence-corrected chi connectivity index (χ4v) is 3.40. The third kappa shape index (κ3) is 3.35. The molecule has 2 aliphatic rings. The molecule has 0 aromatic heterocycles. The van der Waals surface area contributed by atoms with E-state index in [4.69, 9.17) is 15.6 Å². The molecule has 1 atom stereocenters. The molecule has 3 rings (SSSR count). The number of nitrogens with zero attached hydrogens (tertiary/aromatic N) is 2. The van der Waals surface area contributed by atoms with Gasteiger partial charge in [-0.1, -0.05) is 22.0 Å². The van der Waals surface area contributed by atoms with Gasteiger partial charge >= 0.3 is 0 Å². The van der Waals surface area contributed by atoms with E-state index in [1.54, 1.807) is 0 Å². The highest BCUT2D eigenvalue weighted by Gasteiger charge is 2.22. The van der Waals surface area contributed by atoms with Crippen LogP contribution in [0.1, 0.15) is 36.8 Å². The van der Waals surface area contributed by atoms with Gasteiger partial charge in [0.1, 0.15) is 5.71 Å². The molecule has 0 saturated carbocycles. The van der Waals surface area contributed by atoms with Gasteiger partial charge in [-0.2, -0.15) is 5.10 Å². The summed E-state index contributed by atoms with van der Waals surface area (Å²) in [5, 5.41) is 3.99. The lowest BCUT2D eigenvalue weighted by Gasteiger charge is -2.23. The zero-order chi connectivity index (χ0) is 14.7. The van der Waals surface area contributed by atoms with Crippen molar-refractivity contribution >= 4 is 27.4 Å². The number of hydrogen-bond acceptors (Lipinski definition) is 4. The van der Waals surface area contributed by atoms with Crippen LogP contribution in [-0.2, 0) is 11.2 Å². The maximum Gasteiger partial charge on any atom is 0.111 e. The van der Waals surface area contributed by atoms with E-state index in [1.807, 2.05) is 6.07 Å². The van der Waals surface area contributed by atoms with Crippen LogP contribution in [0, 0.1) is 0 Å². The molecule has 0 bridgehead atoms. The second-order valence-electron chi connectivity index (χ2n) is 5.56. The summed E-state index contributed by atoms with van der Waals surface area (Å²) >= 11 is 3.51. The lowest BCUT2D eigenvalue weighted by molar-refractivity contribution is 0.0225. The molecule has 5 heteroatoms. The summed E-state index contributed by atoms with van der Waals surface area (Å²) in [6, 6.07) is 6.23. The normalized spacial score (nSPS) is 26.0. The Hall–Kier alpha value is -1.20. The third-order valence-electron chi connectivity index (χ3n) is 4.12. The van der Waals surface area contributed by atoms with Crippen molar-refractivity contribution < 1.29 is 4.74 Å². The Labute approximate surface area is 133 Å². The summed E-state index contributed by atoms with van der Waals surface area (Å²) in [5.41, 5.74) is 4.23. The van der Waals surface area contributed by atoms with Crippen LogP contribution in [0.2, 0.25) is 0 Å². The van der Waals surface area contributed by atoms with E-state index in [2.05, 4.69) is 33.2 Å². The lowest BCUT2D eigenvalue weighted by Crippen LogP contribution is -2.28. The van der Waals surface area contributed by atoms with E-state index in [9.17, 15) is 0 Å². The molecule has 2 N–H and O–H groups in total. The lowest BCUT2D eigenvalue weighted by atomic mass is 9.88. The molecular formula is C16H20BrN3O. The Balaban J connectivity index is 1.79. The van der Waals surface area contributed by atoms with Crippen molar-refractivity contribution in [3.05, 3.63) is 33.8 Å². The molecule has 112 valence electrons. The Morgan fingerprint density at radius 3 is 2.95 bits per heavy atom. The van der Waals surface area contributed by atoms with Gasteiger partial charge in [0.05, 0.1) is 18.4 Å². The SMILES string of the molecule is N/N=C1\C(=NCC2CCCCO2)CCc2cc(Br)ccc21. The molecule has 21 heavy (non-hydrogen) atoms. The monoisotopic (exact) mass is 349 g/mol. The van der Waals surface area contributed by atoms with Crippen LogP contribution in [-0.4, -0.2) is 30.7 Å². The molecule has 1 aromatic carbocycles. The number of hydrazone groups is 1. The van der Waals surface area contributed by atoms with Gasteiger partial charge in [0.2, 0.25) is 0 Å². The van der Waals surface area contributed by atoms with E-state index in [0.717, 1.165) is 53.9 Å². The molecule has 1 heterocycles.